The number of nitrogens with two attached hydrogens (primary N) is 1. The molecule has 0 bridgehead atoms. The smallest absolute Gasteiger partial charge is 0.260 e. The molecule has 0 atom stereocenters. The minimum absolute atomic E-state index is 0.0357. The Morgan fingerprint density at radius 1 is 1.24 bits per heavy atom. The molecule has 0 amide bonds. The molecular formula is C13H10F2N4OS. The lowest BCUT2D eigenvalue weighted by molar-refractivity contribution is 0.423. The van der Waals surface area contributed by atoms with Crippen LogP contribution in [0.5, 0.6) is 0 Å². The first-order chi connectivity index (χ1) is 10.0. The fourth-order valence-corrected chi connectivity index (χ4v) is 2.45. The summed E-state index contributed by atoms with van der Waals surface area (Å²) < 4.78 is 31.4. The Kier molecular flexibility index (Phi) is 3.38. The molecule has 3 aromatic rings. The van der Waals surface area contributed by atoms with Gasteiger partial charge in [-0.05, 0) is 13.0 Å². The van der Waals surface area contributed by atoms with Crippen LogP contribution in [0, 0.1) is 18.6 Å². The van der Waals surface area contributed by atoms with Crippen LogP contribution in [-0.4, -0.2) is 15.1 Å². The Balaban J connectivity index is 1.89. The van der Waals surface area contributed by atoms with Crippen molar-refractivity contribution in [2.75, 3.05) is 5.73 Å². The number of halogens is 2. The summed E-state index contributed by atoms with van der Waals surface area (Å²) in [5, 5.41) is 6.64. The van der Waals surface area contributed by atoms with Crippen LogP contribution in [0.4, 0.5) is 14.5 Å². The highest BCUT2D eigenvalue weighted by Gasteiger charge is 2.16. The van der Waals surface area contributed by atoms with Crippen molar-refractivity contribution in [3.8, 4) is 11.5 Å². The third-order valence-electron chi connectivity index (χ3n) is 2.80. The number of aryl methyl sites for hydroxylation is 1. The summed E-state index contributed by atoms with van der Waals surface area (Å²) in [5.74, 6) is -1.59. The molecule has 0 spiro atoms. The van der Waals surface area contributed by atoms with Crippen molar-refractivity contribution in [3.63, 3.8) is 0 Å². The third-order valence-corrected chi connectivity index (χ3v) is 3.62. The molecule has 0 aliphatic heterocycles. The molecule has 21 heavy (non-hydrogen) atoms. The van der Waals surface area contributed by atoms with Gasteiger partial charge >= 0.3 is 0 Å². The average Bonchev–Trinajstić information content (AvgIpc) is 3.04. The lowest BCUT2D eigenvalue weighted by Crippen LogP contribution is -1.95. The molecule has 1 aromatic carbocycles. The summed E-state index contributed by atoms with van der Waals surface area (Å²) in [6.45, 7) is 1.90. The van der Waals surface area contributed by atoms with E-state index in [-0.39, 0.29) is 17.1 Å². The van der Waals surface area contributed by atoms with E-state index in [9.17, 15) is 8.78 Å². The zero-order valence-corrected chi connectivity index (χ0v) is 11.7. The van der Waals surface area contributed by atoms with Gasteiger partial charge in [-0.3, -0.25) is 0 Å². The maximum absolute atomic E-state index is 13.3. The van der Waals surface area contributed by atoms with E-state index < -0.39 is 11.6 Å². The highest BCUT2D eigenvalue weighted by Crippen LogP contribution is 2.27. The van der Waals surface area contributed by atoms with Crippen LogP contribution in [0.3, 0.4) is 0 Å². The number of hydrogen-bond donors (Lipinski definition) is 1. The molecule has 0 aliphatic carbocycles. The van der Waals surface area contributed by atoms with Crippen molar-refractivity contribution < 1.29 is 13.3 Å². The van der Waals surface area contributed by atoms with Gasteiger partial charge in [0.25, 0.3) is 5.89 Å². The minimum atomic E-state index is -1.02. The second-order valence-electron chi connectivity index (χ2n) is 4.40. The summed E-state index contributed by atoms with van der Waals surface area (Å²) in [7, 11) is 0. The van der Waals surface area contributed by atoms with E-state index in [0.717, 1.165) is 22.8 Å². The normalized spacial score (nSPS) is 11.0. The summed E-state index contributed by atoms with van der Waals surface area (Å²) in [6.07, 6.45) is 0.400. The average molecular weight is 308 g/mol. The fraction of sp³-hybridized carbons (Fsp3) is 0.154. The number of anilines is 1. The molecule has 5 nitrogen and oxygen atoms in total. The first kappa shape index (κ1) is 13.6. The zero-order valence-electron chi connectivity index (χ0n) is 10.9. The quantitative estimate of drug-likeness (QED) is 0.753. The molecule has 3 rings (SSSR count). The van der Waals surface area contributed by atoms with Crippen molar-refractivity contribution in [2.45, 2.75) is 13.3 Å². The molecule has 0 saturated carbocycles. The molecule has 0 aliphatic rings. The predicted octanol–water partition coefficient (Wildman–Crippen LogP) is 2.95. The number of nitrogens with zero attached hydrogens (tertiary/aromatic N) is 3. The van der Waals surface area contributed by atoms with Gasteiger partial charge < -0.3 is 10.3 Å². The molecule has 2 heterocycles. The van der Waals surface area contributed by atoms with Gasteiger partial charge in [-0.1, -0.05) is 5.16 Å². The SMILES string of the molecule is Cc1nc(Cc2noc(-c3cc(F)c(F)cc3N)n2)cs1. The molecular weight excluding hydrogens is 298 g/mol. The molecule has 2 N–H and O–H groups in total. The lowest BCUT2D eigenvalue weighted by Gasteiger charge is -2.01. The number of hydrogen-bond acceptors (Lipinski definition) is 6. The van der Waals surface area contributed by atoms with Crippen LogP contribution in [0.1, 0.15) is 16.5 Å². The van der Waals surface area contributed by atoms with Gasteiger partial charge in [0.1, 0.15) is 0 Å². The molecule has 8 heteroatoms. The largest absolute Gasteiger partial charge is 0.398 e. The van der Waals surface area contributed by atoms with Crippen LogP contribution in [-0.2, 0) is 6.42 Å². The highest BCUT2D eigenvalue weighted by atomic mass is 32.1. The second kappa shape index (κ2) is 5.21. The van der Waals surface area contributed by atoms with Crippen LogP contribution in [0.2, 0.25) is 0 Å². The van der Waals surface area contributed by atoms with Crippen LogP contribution >= 0.6 is 11.3 Å². The minimum Gasteiger partial charge on any atom is -0.398 e. The van der Waals surface area contributed by atoms with Crippen molar-refractivity contribution in [1.82, 2.24) is 15.1 Å². The van der Waals surface area contributed by atoms with Gasteiger partial charge in [0.15, 0.2) is 17.5 Å². The summed E-state index contributed by atoms with van der Waals surface area (Å²) in [5.41, 5.74) is 6.67. The first-order valence-electron chi connectivity index (χ1n) is 6.01. The maximum atomic E-state index is 13.3. The Hall–Kier alpha value is -2.35. The monoisotopic (exact) mass is 308 g/mol. The van der Waals surface area contributed by atoms with Gasteiger partial charge in [-0.15, -0.1) is 11.3 Å². The highest BCUT2D eigenvalue weighted by molar-refractivity contribution is 7.09. The maximum Gasteiger partial charge on any atom is 0.260 e. The van der Waals surface area contributed by atoms with E-state index in [1.807, 2.05) is 12.3 Å². The fourth-order valence-electron chi connectivity index (χ4n) is 1.83. The molecule has 0 fully saturated rings. The Bertz CT molecular complexity index is 799. The number of thiazole rings is 1. The number of benzene rings is 1. The van der Waals surface area contributed by atoms with Crippen molar-refractivity contribution in [3.05, 3.63) is 45.7 Å². The molecule has 2 aromatic heterocycles. The third kappa shape index (κ3) is 2.75. The van der Waals surface area contributed by atoms with Crippen LogP contribution in [0.25, 0.3) is 11.5 Å². The standard InChI is InChI=1S/C13H10F2N4OS/c1-6-17-7(5-21-6)2-12-18-13(20-19-12)8-3-9(14)10(15)4-11(8)16/h3-5H,2,16H2,1H3. The Morgan fingerprint density at radius 2 is 2.00 bits per heavy atom. The Morgan fingerprint density at radius 3 is 2.71 bits per heavy atom. The summed E-state index contributed by atoms with van der Waals surface area (Å²) in [4.78, 5) is 8.43. The summed E-state index contributed by atoms with van der Waals surface area (Å²) >= 11 is 1.52. The van der Waals surface area contributed by atoms with E-state index in [4.69, 9.17) is 10.3 Å². The predicted molar refractivity (Wildman–Crippen MR) is 73.7 cm³/mol. The van der Waals surface area contributed by atoms with Gasteiger partial charge in [0.05, 0.1) is 22.7 Å². The molecule has 108 valence electrons. The van der Waals surface area contributed by atoms with E-state index in [1.54, 1.807) is 0 Å². The summed E-state index contributed by atoms with van der Waals surface area (Å²) in [6, 6.07) is 1.83. The molecule has 0 saturated heterocycles. The van der Waals surface area contributed by atoms with Crippen molar-refractivity contribution in [2.24, 2.45) is 0 Å². The van der Waals surface area contributed by atoms with Gasteiger partial charge in [-0.2, -0.15) is 4.98 Å². The Labute approximate surface area is 122 Å². The van der Waals surface area contributed by atoms with E-state index in [2.05, 4.69) is 15.1 Å². The lowest BCUT2D eigenvalue weighted by atomic mass is 10.1. The molecule has 0 radical (unpaired) electrons. The zero-order chi connectivity index (χ0) is 15.0. The van der Waals surface area contributed by atoms with Gasteiger partial charge in [-0.25, -0.2) is 13.8 Å². The second-order valence-corrected chi connectivity index (χ2v) is 5.47. The number of rotatable bonds is 3. The van der Waals surface area contributed by atoms with Crippen molar-refractivity contribution >= 4 is 17.0 Å². The van der Waals surface area contributed by atoms with Crippen LogP contribution < -0.4 is 5.73 Å². The van der Waals surface area contributed by atoms with Gasteiger partial charge in [0.2, 0.25) is 0 Å². The molecule has 0 unspecified atom stereocenters. The number of aromatic nitrogens is 3. The van der Waals surface area contributed by atoms with E-state index >= 15 is 0 Å². The van der Waals surface area contributed by atoms with Gasteiger partial charge in [0, 0.05) is 17.1 Å². The topological polar surface area (TPSA) is 77.8 Å². The first-order valence-corrected chi connectivity index (χ1v) is 6.89. The van der Waals surface area contributed by atoms with Crippen molar-refractivity contribution in [1.29, 1.82) is 0 Å². The van der Waals surface area contributed by atoms with E-state index in [0.29, 0.717) is 12.2 Å². The number of nitrogen functional groups attached to an aromatic ring is 1. The van der Waals surface area contributed by atoms with E-state index in [1.165, 1.54) is 11.3 Å². The van der Waals surface area contributed by atoms with Crippen LogP contribution in [0.15, 0.2) is 22.0 Å².